The van der Waals surface area contributed by atoms with Gasteiger partial charge in [0.2, 0.25) is 0 Å². The van der Waals surface area contributed by atoms with E-state index in [4.69, 9.17) is 0 Å². The van der Waals surface area contributed by atoms with Crippen molar-refractivity contribution in [2.75, 3.05) is 26.7 Å². The molecular formula is C11H18F6N2O4S2. The van der Waals surface area contributed by atoms with E-state index >= 15 is 0 Å². The van der Waals surface area contributed by atoms with Gasteiger partial charge in [-0.25, -0.2) is 16.8 Å². The van der Waals surface area contributed by atoms with Gasteiger partial charge in [0.1, 0.15) is 0 Å². The summed E-state index contributed by atoms with van der Waals surface area (Å²) in [5.74, 6) is 0. The molecule has 150 valence electrons. The monoisotopic (exact) mass is 420 g/mol. The highest BCUT2D eigenvalue weighted by Gasteiger charge is 2.46. The van der Waals surface area contributed by atoms with Crippen LogP contribution in [0.15, 0.2) is 12.7 Å². The van der Waals surface area contributed by atoms with Crippen LogP contribution in [0.4, 0.5) is 26.3 Å². The number of hydrogen-bond donors (Lipinski definition) is 0. The Labute approximate surface area is 142 Å². The Morgan fingerprint density at radius 1 is 0.920 bits per heavy atom. The van der Waals surface area contributed by atoms with Crippen LogP contribution < -0.4 is 0 Å². The molecule has 1 saturated heterocycles. The summed E-state index contributed by atoms with van der Waals surface area (Å²) in [6.07, 6.45) is 6.30. The Morgan fingerprint density at radius 2 is 1.28 bits per heavy atom. The first-order chi connectivity index (χ1) is 11.0. The van der Waals surface area contributed by atoms with Crippen molar-refractivity contribution in [1.82, 2.24) is 0 Å². The van der Waals surface area contributed by atoms with Crippen LogP contribution in [0.5, 0.6) is 0 Å². The SMILES string of the molecule is C=CC[N+]1(C)CCCCC1.O=S(=O)([N-]S(=O)(=O)C(F)(F)F)C(F)(F)F. The van der Waals surface area contributed by atoms with E-state index in [2.05, 4.69) is 13.6 Å². The average Bonchev–Trinajstić information content (AvgIpc) is 2.36. The molecule has 0 aromatic carbocycles. The number of sulfonamides is 2. The fraction of sp³-hybridized carbons (Fsp3) is 0.818. The number of hydrogen-bond acceptors (Lipinski definition) is 4. The Bertz CT molecular complexity index is 607. The molecule has 0 N–H and O–H groups in total. The molecule has 0 unspecified atom stereocenters. The van der Waals surface area contributed by atoms with E-state index in [0.29, 0.717) is 0 Å². The number of halogens is 6. The molecule has 1 aliphatic heterocycles. The van der Waals surface area contributed by atoms with Gasteiger partial charge in [-0.3, -0.25) is 0 Å². The number of alkyl halides is 6. The molecule has 0 bridgehead atoms. The molecular weight excluding hydrogens is 402 g/mol. The van der Waals surface area contributed by atoms with E-state index in [0.717, 1.165) is 10.7 Å². The fourth-order valence-corrected chi connectivity index (χ4v) is 3.69. The van der Waals surface area contributed by atoms with Gasteiger partial charge in [-0.15, -0.1) is 0 Å². The van der Waals surface area contributed by atoms with E-state index < -0.39 is 31.1 Å². The lowest BCUT2D eigenvalue weighted by molar-refractivity contribution is -0.908. The maximum atomic E-state index is 11.4. The van der Waals surface area contributed by atoms with Crippen LogP contribution in [-0.2, 0) is 20.0 Å². The van der Waals surface area contributed by atoms with Crippen molar-refractivity contribution >= 4 is 20.0 Å². The molecule has 0 spiro atoms. The van der Waals surface area contributed by atoms with Crippen molar-refractivity contribution in [2.45, 2.75) is 30.3 Å². The molecule has 1 heterocycles. The third kappa shape index (κ3) is 7.50. The second kappa shape index (κ2) is 8.22. The zero-order valence-corrected chi connectivity index (χ0v) is 14.8. The van der Waals surface area contributed by atoms with Gasteiger partial charge in [-0.05, 0) is 25.3 Å². The van der Waals surface area contributed by atoms with Crippen molar-refractivity contribution in [3.8, 4) is 0 Å². The molecule has 1 fully saturated rings. The zero-order valence-electron chi connectivity index (χ0n) is 13.1. The molecule has 0 radical (unpaired) electrons. The first-order valence-electron chi connectivity index (χ1n) is 6.79. The second-order valence-corrected chi connectivity index (χ2v) is 8.94. The van der Waals surface area contributed by atoms with Gasteiger partial charge in [0.25, 0.3) is 0 Å². The molecule has 0 aromatic heterocycles. The van der Waals surface area contributed by atoms with Crippen molar-refractivity contribution in [2.24, 2.45) is 0 Å². The van der Waals surface area contributed by atoms with Crippen LogP contribution in [0.1, 0.15) is 19.3 Å². The summed E-state index contributed by atoms with van der Waals surface area (Å²) in [7, 11) is -11.1. The molecule has 0 atom stereocenters. The average molecular weight is 420 g/mol. The second-order valence-electron chi connectivity index (χ2n) is 5.51. The Balaban J connectivity index is 0.000000496. The summed E-state index contributed by atoms with van der Waals surface area (Å²) in [5, 5.41) is 0. The van der Waals surface area contributed by atoms with Crippen LogP contribution in [0.2, 0.25) is 0 Å². The van der Waals surface area contributed by atoms with Crippen LogP contribution in [0, 0.1) is 0 Å². The van der Waals surface area contributed by atoms with Gasteiger partial charge in [0.15, 0.2) is 20.0 Å². The van der Waals surface area contributed by atoms with Gasteiger partial charge < -0.3 is 8.61 Å². The summed E-state index contributed by atoms with van der Waals surface area (Å²) < 4.78 is 110. The minimum Gasteiger partial charge on any atom is -0.421 e. The van der Waals surface area contributed by atoms with Crippen LogP contribution >= 0.6 is 0 Å². The minimum atomic E-state index is -6.72. The predicted octanol–water partition coefficient (Wildman–Crippen LogP) is 2.86. The first kappa shape index (κ1) is 24.1. The van der Waals surface area contributed by atoms with Gasteiger partial charge >= 0.3 is 11.0 Å². The number of nitrogens with zero attached hydrogens (tertiary/aromatic N) is 2. The standard InChI is InChI=1S/C9H18N.C2F6NO4S2/c1-3-7-10(2)8-5-4-6-9-10;3-1(4,5)14(10,11)9-15(12,13)2(6,7)8/h3H,1,4-9H2,2H3;/q+1;-1. The van der Waals surface area contributed by atoms with Crippen molar-refractivity contribution in [3.05, 3.63) is 16.8 Å². The number of likely N-dealkylation sites (N-methyl/N-ethyl adjacent to an activating group) is 1. The minimum absolute atomic E-state index is 0.778. The number of likely N-dealkylation sites (tertiary alicyclic amines) is 1. The normalized spacial score (nSPS) is 18.8. The van der Waals surface area contributed by atoms with Gasteiger partial charge in [0, 0.05) is 0 Å². The Kier molecular flexibility index (Phi) is 7.94. The predicted molar refractivity (Wildman–Crippen MR) is 78.1 cm³/mol. The highest BCUT2D eigenvalue weighted by atomic mass is 32.3. The molecule has 0 aromatic rings. The third-order valence-electron chi connectivity index (χ3n) is 3.25. The summed E-state index contributed by atoms with van der Waals surface area (Å²) in [6.45, 7) is 7.64. The van der Waals surface area contributed by atoms with E-state index in [9.17, 15) is 43.2 Å². The number of piperidine rings is 1. The molecule has 0 amide bonds. The van der Waals surface area contributed by atoms with Gasteiger partial charge in [0.05, 0.1) is 26.7 Å². The smallest absolute Gasteiger partial charge is 0.421 e. The lowest BCUT2D eigenvalue weighted by Gasteiger charge is -2.36. The highest BCUT2D eigenvalue weighted by Crippen LogP contribution is 2.36. The lowest BCUT2D eigenvalue weighted by atomic mass is 10.1. The van der Waals surface area contributed by atoms with E-state index in [1.54, 1.807) is 0 Å². The Hall–Kier alpha value is -0.860. The van der Waals surface area contributed by atoms with Crippen LogP contribution in [0.25, 0.3) is 4.13 Å². The van der Waals surface area contributed by atoms with E-state index in [1.165, 1.54) is 36.8 Å². The number of rotatable bonds is 4. The third-order valence-corrected chi connectivity index (χ3v) is 5.99. The first-order valence-corrected chi connectivity index (χ1v) is 9.67. The zero-order chi connectivity index (χ0) is 20.2. The molecule has 25 heavy (non-hydrogen) atoms. The lowest BCUT2D eigenvalue weighted by Crippen LogP contribution is -2.47. The van der Waals surface area contributed by atoms with Gasteiger partial charge in [-0.1, -0.05) is 6.58 Å². The van der Waals surface area contributed by atoms with Crippen LogP contribution in [-0.4, -0.2) is 59.0 Å². The topological polar surface area (TPSA) is 82.4 Å². The Morgan fingerprint density at radius 3 is 1.56 bits per heavy atom. The molecule has 0 aliphatic carbocycles. The van der Waals surface area contributed by atoms with Crippen LogP contribution in [0.3, 0.4) is 0 Å². The van der Waals surface area contributed by atoms with E-state index in [-0.39, 0.29) is 0 Å². The molecule has 1 rings (SSSR count). The van der Waals surface area contributed by atoms with E-state index in [1.807, 2.05) is 6.08 Å². The number of quaternary nitrogens is 1. The maximum absolute atomic E-state index is 11.4. The highest BCUT2D eigenvalue weighted by molar-refractivity contribution is 8.13. The molecule has 14 heteroatoms. The van der Waals surface area contributed by atoms with Crippen molar-refractivity contribution in [3.63, 3.8) is 0 Å². The van der Waals surface area contributed by atoms with Crippen molar-refractivity contribution < 1.29 is 47.7 Å². The molecule has 6 nitrogen and oxygen atoms in total. The summed E-state index contributed by atoms with van der Waals surface area (Å²) in [4.78, 5) is 0. The molecule has 0 saturated carbocycles. The van der Waals surface area contributed by atoms with Crippen molar-refractivity contribution in [1.29, 1.82) is 0 Å². The largest absolute Gasteiger partial charge is 0.480 e. The maximum Gasteiger partial charge on any atom is 0.480 e. The fourth-order valence-electron chi connectivity index (χ4n) is 1.98. The molecule has 1 aliphatic rings. The summed E-state index contributed by atoms with van der Waals surface area (Å²) in [6, 6.07) is 0. The summed E-state index contributed by atoms with van der Waals surface area (Å²) in [5.41, 5.74) is -12.4. The summed E-state index contributed by atoms with van der Waals surface area (Å²) >= 11 is 0. The van der Waals surface area contributed by atoms with Gasteiger partial charge in [-0.2, -0.15) is 26.3 Å². The quantitative estimate of drug-likeness (QED) is 0.398.